The number of rotatable bonds is 3. The zero-order chi connectivity index (χ0) is 15.1. The monoisotopic (exact) mass is 326 g/mol. The van der Waals surface area contributed by atoms with Crippen molar-refractivity contribution in [2.75, 3.05) is 0 Å². The second-order valence-corrected chi connectivity index (χ2v) is 5.94. The Morgan fingerprint density at radius 1 is 1.38 bits per heavy atom. The van der Waals surface area contributed by atoms with Crippen LogP contribution in [0.15, 0.2) is 24.5 Å². The molecule has 0 radical (unpaired) electrons. The molecule has 0 spiro atoms. The lowest BCUT2D eigenvalue weighted by atomic mass is 10.3. The fraction of sp³-hybridized carbons (Fsp3) is 0.286. The van der Waals surface area contributed by atoms with Gasteiger partial charge in [-0.15, -0.1) is 11.6 Å². The van der Waals surface area contributed by atoms with Gasteiger partial charge in [-0.25, -0.2) is 14.4 Å². The third-order valence-electron chi connectivity index (χ3n) is 3.40. The molecule has 0 bridgehead atoms. The van der Waals surface area contributed by atoms with E-state index >= 15 is 0 Å². The van der Waals surface area contributed by atoms with E-state index in [-0.39, 0.29) is 10.4 Å². The summed E-state index contributed by atoms with van der Waals surface area (Å²) in [6, 6.07) is 2.90. The van der Waals surface area contributed by atoms with E-state index in [0.29, 0.717) is 17.9 Å². The molecule has 3 aromatic rings. The summed E-state index contributed by atoms with van der Waals surface area (Å²) in [5.74, 6) is 1.03. The molecule has 3 rings (SSSR count). The molecule has 0 aliphatic rings. The van der Waals surface area contributed by atoms with E-state index in [1.807, 2.05) is 29.3 Å². The Hall–Kier alpha value is -1.59. The fourth-order valence-corrected chi connectivity index (χ4v) is 2.62. The van der Waals surface area contributed by atoms with Crippen LogP contribution in [0.25, 0.3) is 11.0 Å². The predicted octanol–water partition coefficient (Wildman–Crippen LogP) is 3.91. The molecule has 1 aromatic carbocycles. The highest BCUT2D eigenvalue weighted by Crippen LogP contribution is 2.28. The number of aryl methyl sites for hydroxylation is 1. The van der Waals surface area contributed by atoms with Crippen LogP contribution in [0.1, 0.15) is 23.9 Å². The summed E-state index contributed by atoms with van der Waals surface area (Å²) < 4.78 is 17.4. The van der Waals surface area contributed by atoms with Crippen LogP contribution in [-0.2, 0) is 13.6 Å². The van der Waals surface area contributed by atoms with Crippen molar-refractivity contribution < 1.29 is 4.39 Å². The Morgan fingerprint density at radius 2 is 2.14 bits per heavy atom. The Kier molecular flexibility index (Phi) is 3.63. The predicted molar refractivity (Wildman–Crippen MR) is 81.3 cm³/mol. The molecule has 7 heteroatoms. The first kappa shape index (κ1) is 14.4. The van der Waals surface area contributed by atoms with Gasteiger partial charge in [0.05, 0.1) is 28.0 Å². The van der Waals surface area contributed by atoms with Crippen molar-refractivity contribution in [1.82, 2.24) is 19.1 Å². The van der Waals surface area contributed by atoms with Crippen LogP contribution in [0.3, 0.4) is 0 Å². The molecule has 0 saturated carbocycles. The van der Waals surface area contributed by atoms with Crippen LogP contribution in [0.5, 0.6) is 0 Å². The Morgan fingerprint density at radius 3 is 2.76 bits per heavy atom. The van der Waals surface area contributed by atoms with E-state index in [2.05, 4.69) is 9.97 Å². The van der Waals surface area contributed by atoms with Gasteiger partial charge < -0.3 is 9.13 Å². The lowest BCUT2D eigenvalue weighted by molar-refractivity contribution is 0.629. The number of hydrogen-bond acceptors (Lipinski definition) is 2. The van der Waals surface area contributed by atoms with Crippen LogP contribution in [-0.4, -0.2) is 19.1 Å². The van der Waals surface area contributed by atoms with Gasteiger partial charge in [-0.2, -0.15) is 0 Å². The van der Waals surface area contributed by atoms with Crippen LogP contribution >= 0.6 is 23.2 Å². The van der Waals surface area contributed by atoms with Crippen molar-refractivity contribution in [2.24, 2.45) is 7.05 Å². The van der Waals surface area contributed by atoms with Gasteiger partial charge in [0.15, 0.2) is 0 Å². The zero-order valence-corrected chi connectivity index (χ0v) is 13.0. The molecule has 1 unspecified atom stereocenters. The molecule has 2 heterocycles. The number of alkyl halides is 1. The van der Waals surface area contributed by atoms with Crippen molar-refractivity contribution in [2.45, 2.75) is 18.8 Å². The number of nitrogens with zero attached hydrogens (tertiary/aromatic N) is 4. The largest absolute Gasteiger partial charge is 0.337 e. The summed E-state index contributed by atoms with van der Waals surface area (Å²) in [5.41, 5.74) is 1.28. The highest BCUT2D eigenvalue weighted by Gasteiger charge is 2.18. The number of hydrogen-bond donors (Lipinski definition) is 0. The SMILES string of the molecule is CC(Cl)c1nc2cc(F)c(Cl)cc2n1Cc1nccn1C. The molecule has 0 fully saturated rings. The summed E-state index contributed by atoms with van der Waals surface area (Å²) in [4.78, 5) is 8.72. The average Bonchev–Trinajstić information content (AvgIpc) is 2.97. The molecule has 0 aliphatic carbocycles. The van der Waals surface area contributed by atoms with Gasteiger partial charge in [-0.3, -0.25) is 0 Å². The van der Waals surface area contributed by atoms with E-state index in [1.165, 1.54) is 6.07 Å². The minimum Gasteiger partial charge on any atom is -0.337 e. The minimum atomic E-state index is -0.486. The molecule has 0 aliphatic heterocycles. The molecule has 21 heavy (non-hydrogen) atoms. The van der Waals surface area contributed by atoms with E-state index < -0.39 is 5.82 Å². The van der Waals surface area contributed by atoms with Gasteiger partial charge in [0.2, 0.25) is 0 Å². The Labute approximate surface area is 131 Å². The van der Waals surface area contributed by atoms with Gasteiger partial charge in [-0.05, 0) is 13.0 Å². The van der Waals surface area contributed by atoms with Gasteiger partial charge in [0.25, 0.3) is 0 Å². The first-order chi connectivity index (χ1) is 9.97. The maximum absolute atomic E-state index is 13.6. The standard InChI is InChI=1S/C14H13Cl2FN4/c1-8(15)14-19-11-6-10(17)9(16)5-12(11)21(14)7-13-18-3-4-20(13)2/h3-6,8H,7H2,1-2H3. The summed E-state index contributed by atoms with van der Waals surface area (Å²) >= 11 is 12.1. The Balaban J connectivity index is 2.20. The van der Waals surface area contributed by atoms with Gasteiger partial charge in [0, 0.05) is 25.5 Å². The Bertz CT molecular complexity index is 807. The van der Waals surface area contributed by atoms with E-state index in [0.717, 1.165) is 11.3 Å². The van der Waals surface area contributed by atoms with Gasteiger partial charge >= 0.3 is 0 Å². The second kappa shape index (κ2) is 5.31. The van der Waals surface area contributed by atoms with Crippen LogP contribution in [0, 0.1) is 5.82 Å². The van der Waals surface area contributed by atoms with Crippen molar-refractivity contribution in [1.29, 1.82) is 0 Å². The maximum Gasteiger partial charge on any atom is 0.144 e. The smallest absolute Gasteiger partial charge is 0.144 e. The zero-order valence-electron chi connectivity index (χ0n) is 11.5. The third kappa shape index (κ3) is 2.51. The van der Waals surface area contributed by atoms with Crippen LogP contribution in [0.4, 0.5) is 4.39 Å². The first-order valence-corrected chi connectivity index (χ1v) is 7.24. The first-order valence-electron chi connectivity index (χ1n) is 6.43. The van der Waals surface area contributed by atoms with Crippen molar-refractivity contribution in [3.63, 3.8) is 0 Å². The lowest BCUT2D eigenvalue weighted by Crippen LogP contribution is -2.09. The lowest BCUT2D eigenvalue weighted by Gasteiger charge is -2.10. The van der Waals surface area contributed by atoms with Crippen molar-refractivity contribution >= 4 is 34.2 Å². The molecule has 0 amide bonds. The number of halogens is 3. The topological polar surface area (TPSA) is 35.6 Å². The van der Waals surface area contributed by atoms with E-state index in [1.54, 1.807) is 12.3 Å². The number of benzene rings is 1. The summed E-state index contributed by atoms with van der Waals surface area (Å²) in [7, 11) is 1.91. The molecule has 1 atom stereocenters. The molecule has 4 nitrogen and oxygen atoms in total. The van der Waals surface area contributed by atoms with E-state index in [9.17, 15) is 4.39 Å². The maximum atomic E-state index is 13.6. The van der Waals surface area contributed by atoms with Crippen molar-refractivity contribution in [3.05, 3.63) is 47.0 Å². The third-order valence-corrected chi connectivity index (χ3v) is 3.88. The number of fused-ring (bicyclic) bond motifs is 1. The molecule has 0 N–H and O–H groups in total. The minimum absolute atomic E-state index is 0.0669. The normalized spacial score (nSPS) is 13.0. The molecular formula is C14H13Cl2FN4. The fourth-order valence-electron chi connectivity index (χ4n) is 2.30. The van der Waals surface area contributed by atoms with Crippen molar-refractivity contribution in [3.8, 4) is 0 Å². The van der Waals surface area contributed by atoms with Crippen LogP contribution in [0.2, 0.25) is 5.02 Å². The van der Waals surface area contributed by atoms with E-state index in [4.69, 9.17) is 23.2 Å². The summed E-state index contributed by atoms with van der Waals surface area (Å²) in [6.45, 7) is 2.32. The highest BCUT2D eigenvalue weighted by molar-refractivity contribution is 6.31. The molecule has 110 valence electrons. The number of imidazole rings is 2. The molecule has 2 aromatic heterocycles. The molecular weight excluding hydrogens is 314 g/mol. The van der Waals surface area contributed by atoms with Crippen LogP contribution < -0.4 is 0 Å². The quantitative estimate of drug-likeness (QED) is 0.684. The second-order valence-electron chi connectivity index (χ2n) is 4.88. The highest BCUT2D eigenvalue weighted by atomic mass is 35.5. The van der Waals surface area contributed by atoms with Gasteiger partial charge in [0.1, 0.15) is 17.5 Å². The average molecular weight is 327 g/mol. The summed E-state index contributed by atoms with van der Waals surface area (Å²) in [6.07, 6.45) is 3.59. The number of aromatic nitrogens is 4. The van der Waals surface area contributed by atoms with Gasteiger partial charge in [-0.1, -0.05) is 11.6 Å². The molecule has 0 saturated heterocycles. The summed E-state index contributed by atoms with van der Waals surface area (Å²) in [5, 5.41) is -0.239.